The number of hydrogen-bond acceptors (Lipinski definition) is 7. The van der Waals surface area contributed by atoms with Crippen molar-refractivity contribution < 1.29 is 29.0 Å². The van der Waals surface area contributed by atoms with Gasteiger partial charge in [0, 0.05) is 16.5 Å². The van der Waals surface area contributed by atoms with Crippen LogP contribution in [0.2, 0.25) is 0 Å². The molecule has 0 aliphatic heterocycles. The highest BCUT2D eigenvalue weighted by Crippen LogP contribution is 2.37. The Balaban J connectivity index is 1.48. The summed E-state index contributed by atoms with van der Waals surface area (Å²) in [6.07, 6.45) is -1.36. The largest absolute Gasteiger partial charge is 0.507 e. The Hall–Kier alpha value is -4.95. The molecule has 7 nitrogen and oxygen atoms in total. The number of phenols is 1. The van der Waals surface area contributed by atoms with Gasteiger partial charge in [-0.3, -0.25) is 4.79 Å². The van der Waals surface area contributed by atoms with Gasteiger partial charge in [-0.25, -0.2) is 9.59 Å². The molecule has 0 bridgehead atoms. The van der Waals surface area contributed by atoms with Crippen LogP contribution in [0.15, 0.2) is 102 Å². The quantitative estimate of drug-likeness (QED) is 0.202. The lowest BCUT2D eigenvalue weighted by atomic mass is 10.0. The van der Waals surface area contributed by atoms with Gasteiger partial charge in [-0.15, -0.1) is 11.3 Å². The number of phenolic OH excluding ortho intramolecular Hbond substituents is 1. The van der Waals surface area contributed by atoms with E-state index in [1.54, 1.807) is 42.6 Å². The number of nitrogens with one attached hydrogen (secondary N) is 1. The Morgan fingerprint density at radius 1 is 0.850 bits per heavy atom. The van der Waals surface area contributed by atoms with Gasteiger partial charge in [0.05, 0.1) is 6.61 Å². The van der Waals surface area contributed by atoms with Gasteiger partial charge >= 0.3 is 11.9 Å². The molecule has 1 amide bonds. The summed E-state index contributed by atoms with van der Waals surface area (Å²) in [5.74, 6) is -2.36. The molecule has 5 rings (SSSR count). The zero-order valence-electron chi connectivity index (χ0n) is 21.5. The first kappa shape index (κ1) is 26.6. The van der Waals surface area contributed by atoms with E-state index in [2.05, 4.69) is 5.32 Å². The molecule has 0 saturated heterocycles. The number of thiophene rings is 1. The molecular formula is C32H25NO6S. The second-order valence-corrected chi connectivity index (χ2v) is 9.72. The SMILES string of the molecule is CCOC(=O)c1c(-c2ccccc2)csc1NC(=O)[C@H](OC(=O)c1cc2ccccc2cc1O)c1ccccc1. The van der Waals surface area contributed by atoms with E-state index in [-0.39, 0.29) is 28.5 Å². The summed E-state index contributed by atoms with van der Waals surface area (Å²) in [4.78, 5) is 39.9. The van der Waals surface area contributed by atoms with Crippen LogP contribution in [0.25, 0.3) is 21.9 Å². The van der Waals surface area contributed by atoms with Crippen LogP contribution >= 0.6 is 11.3 Å². The number of fused-ring (bicyclic) bond motifs is 1. The van der Waals surface area contributed by atoms with Gasteiger partial charge < -0.3 is 19.9 Å². The Morgan fingerprint density at radius 3 is 2.15 bits per heavy atom. The number of carbonyl (C=O) groups is 3. The van der Waals surface area contributed by atoms with Gasteiger partial charge in [0.15, 0.2) is 0 Å². The molecule has 0 aliphatic carbocycles. The highest BCUT2D eigenvalue weighted by Gasteiger charge is 2.30. The molecule has 40 heavy (non-hydrogen) atoms. The Morgan fingerprint density at radius 2 is 1.48 bits per heavy atom. The lowest BCUT2D eigenvalue weighted by Crippen LogP contribution is -2.26. The van der Waals surface area contributed by atoms with E-state index in [9.17, 15) is 19.5 Å². The number of carbonyl (C=O) groups excluding carboxylic acids is 3. The number of hydrogen-bond donors (Lipinski definition) is 2. The minimum atomic E-state index is -1.36. The molecule has 5 aromatic rings. The molecule has 0 spiro atoms. The monoisotopic (exact) mass is 551 g/mol. The molecular weight excluding hydrogens is 526 g/mol. The van der Waals surface area contributed by atoms with Gasteiger partial charge in [-0.2, -0.15) is 0 Å². The lowest BCUT2D eigenvalue weighted by molar-refractivity contribution is -0.125. The smallest absolute Gasteiger partial charge is 0.343 e. The second kappa shape index (κ2) is 11.8. The molecule has 0 unspecified atom stereocenters. The summed E-state index contributed by atoms with van der Waals surface area (Å²) < 4.78 is 11.0. The molecule has 2 N–H and O–H groups in total. The van der Waals surface area contributed by atoms with E-state index in [1.807, 2.05) is 54.6 Å². The molecule has 1 atom stereocenters. The number of esters is 2. The van der Waals surface area contributed by atoms with Crippen molar-refractivity contribution in [1.29, 1.82) is 0 Å². The van der Waals surface area contributed by atoms with Crippen molar-refractivity contribution in [2.45, 2.75) is 13.0 Å². The van der Waals surface area contributed by atoms with Gasteiger partial charge in [0.2, 0.25) is 6.10 Å². The first-order valence-electron chi connectivity index (χ1n) is 12.6. The van der Waals surface area contributed by atoms with E-state index >= 15 is 0 Å². The van der Waals surface area contributed by atoms with Crippen LogP contribution in [0.4, 0.5) is 5.00 Å². The summed E-state index contributed by atoms with van der Waals surface area (Å²) in [7, 11) is 0. The topological polar surface area (TPSA) is 102 Å². The standard InChI is InChI=1S/C32H25NO6S/c1-2-38-32(37)27-25(20-11-5-3-6-12-20)19-40-30(27)33-29(35)28(21-13-7-4-8-14-21)39-31(36)24-17-22-15-9-10-16-23(22)18-26(24)34/h3-19,28,34H,2H2,1H3,(H,33,35)/t28-/m1/s1. The number of aromatic hydroxyl groups is 1. The summed E-state index contributed by atoms with van der Waals surface area (Å²) in [5.41, 5.74) is 1.99. The minimum Gasteiger partial charge on any atom is -0.507 e. The van der Waals surface area contributed by atoms with E-state index in [0.29, 0.717) is 11.1 Å². The molecule has 4 aromatic carbocycles. The fraction of sp³-hybridized carbons (Fsp3) is 0.0938. The zero-order valence-corrected chi connectivity index (χ0v) is 22.3. The normalized spacial score (nSPS) is 11.5. The van der Waals surface area contributed by atoms with Crippen LogP contribution in [0.3, 0.4) is 0 Å². The third-order valence-corrected chi connectivity index (χ3v) is 7.14. The van der Waals surface area contributed by atoms with Crippen molar-refractivity contribution in [3.63, 3.8) is 0 Å². The Bertz CT molecular complexity index is 1680. The molecule has 0 saturated carbocycles. The minimum absolute atomic E-state index is 0.0675. The molecule has 8 heteroatoms. The van der Waals surface area contributed by atoms with Crippen LogP contribution in [-0.2, 0) is 14.3 Å². The van der Waals surface area contributed by atoms with Gasteiger partial charge in [-0.05, 0) is 35.4 Å². The third-order valence-electron chi connectivity index (χ3n) is 6.24. The number of ether oxygens (including phenoxy) is 2. The highest BCUT2D eigenvalue weighted by molar-refractivity contribution is 7.15. The number of benzene rings is 4. The molecule has 0 radical (unpaired) electrons. The van der Waals surface area contributed by atoms with E-state index in [4.69, 9.17) is 9.47 Å². The van der Waals surface area contributed by atoms with Crippen molar-refractivity contribution in [2.24, 2.45) is 0 Å². The van der Waals surface area contributed by atoms with Crippen molar-refractivity contribution in [2.75, 3.05) is 11.9 Å². The zero-order chi connectivity index (χ0) is 28.1. The van der Waals surface area contributed by atoms with Crippen LogP contribution in [0, 0.1) is 0 Å². The predicted octanol–water partition coefficient (Wildman–Crippen LogP) is 6.99. The van der Waals surface area contributed by atoms with Gasteiger partial charge in [0.1, 0.15) is 21.9 Å². The van der Waals surface area contributed by atoms with Crippen LogP contribution < -0.4 is 5.32 Å². The maximum absolute atomic E-state index is 13.7. The summed E-state index contributed by atoms with van der Waals surface area (Å²) in [5, 5.41) is 16.9. The molecule has 200 valence electrons. The molecule has 0 fully saturated rings. The summed E-state index contributed by atoms with van der Waals surface area (Å²) in [6.45, 7) is 1.87. The lowest BCUT2D eigenvalue weighted by Gasteiger charge is -2.19. The number of amides is 1. The second-order valence-electron chi connectivity index (χ2n) is 8.84. The molecule has 1 heterocycles. The predicted molar refractivity (Wildman–Crippen MR) is 155 cm³/mol. The average Bonchev–Trinajstić information content (AvgIpc) is 3.40. The number of rotatable bonds is 8. The van der Waals surface area contributed by atoms with Crippen molar-refractivity contribution in [3.8, 4) is 16.9 Å². The van der Waals surface area contributed by atoms with Crippen molar-refractivity contribution in [3.05, 3.63) is 119 Å². The maximum Gasteiger partial charge on any atom is 0.343 e. The van der Waals surface area contributed by atoms with E-state index in [0.717, 1.165) is 16.3 Å². The molecule has 0 aliphatic rings. The number of anilines is 1. The van der Waals surface area contributed by atoms with Crippen molar-refractivity contribution in [1.82, 2.24) is 0 Å². The summed E-state index contributed by atoms with van der Waals surface area (Å²) in [6, 6.07) is 28.1. The van der Waals surface area contributed by atoms with E-state index in [1.165, 1.54) is 23.5 Å². The highest BCUT2D eigenvalue weighted by atomic mass is 32.1. The van der Waals surface area contributed by atoms with Crippen LogP contribution in [0.1, 0.15) is 39.3 Å². The fourth-order valence-corrected chi connectivity index (χ4v) is 5.29. The average molecular weight is 552 g/mol. The Kier molecular flexibility index (Phi) is 7.89. The van der Waals surface area contributed by atoms with Crippen LogP contribution in [0.5, 0.6) is 5.75 Å². The van der Waals surface area contributed by atoms with Crippen molar-refractivity contribution >= 4 is 45.0 Å². The first-order chi connectivity index (χ1) is 19.5. The first-order valence-corrected chi connectivity index (χ1v) is 13.5. The van der Waals surface area contributed by atoms with Gasteiger partial charge in [-0.1, -0.05) is 84.9 Å². The van der Waals surface area contributed by atoms with Gasteiger partial charge in [0.25, 0.3) is 5.91 Å². The molecule has 1 aromatic heterocycles. The third kappa shape index (κ3) is 5.57. The summed E-state index contributed by atoms with van der Waals surface area (Å²) >= 11 is 1.17. The maximum atomic E-state index is 13.7. The Labute approximate surface area is 234 Å². The fourth-order valence-electron chi connectivity index (χ4n) is 4.33. The van der Waals surface area contributed by atoms with E-state index < -0.39 is 23.9 Å². The van der Waals surface area contributed by atoms with Crippen LogP contribution in [-0.4, -0.2) is 29.6 Å².